The minimum absolute atomic E-state index is 0.0309. The molecule has 102 valence electrons. The van der Waals surface area contributed by atoms with Gasteiger partial charge in [0.25, 0.3) is 5.91 Å². The molecule has 0 saturated carbocycles. The lowest BCUT2D eigenvalue weighted by Gasteiger charge is -2.13. The topological polar surface area (TPSA) is 104 Å². The van der Waals surface area contributed by atoms with Gasteiger partial charge in [-0.25, -0.2) is 9.18 Å². The first-order valence-electron chi connectivity index (χ1n) is 5.33. The fraction of sp³-hybridized carbons (Fsp3) is 0.250. The van der Waals surface area contributed by atoms with Crippen molar-refractivity contribution < 1.29 is 29.0 Å². The normalized spacial score (nSPS) is 11.7. The third-order valence-electron chi connectivity index (χ3n) is 2.43. The summed E-state index contributed by atoms with van der Waals surface area (Å²) in [5.74, 6) is -4.29. The molecule has 3 N–H and O–H groups in total. The summed E-state index contributed by atoms with van der Waals surface area (Å²) in [4.78, 5) is 33.1. The Morgan fingerprint density at radius 2 is 1.95 bits per heavy atom. The number of hydrogen-bond donors (Lipinski definition) is 3. The summed E-state index contributed by atoms with van der Waals surface area (Å²) >= 11 is 0. The van der Waals surface area contributed by atoms with Gasteiger partial charge < -0.3 is 15.5 Å². The van der Waals surface area contributed by atoms with E-state index in [1.54, 1.807) is 6.92 Å². The molecule has 0 radical (unpaired) electrons. The standard InChI is InChI=1S/C12H12FNO5/c1-6-2-3-7(13)4-8(6)11(17)14-9(12(18)19)5-10(15)16/h2-4,9H,5H2,1H3,(H,14,17)(H,15,16)(H,18,19). The molecule has 1 atom stereocenters. The van der Waals surface area contributed by atoms with E-state index < -0.39 is 36.1 Å². The Labute approximate surface area is 107 Å². The Hall–Kier alpha value is -2.44. The van der Waals surface area contributed by atoms with Gasteiger partial charge in [0, 0.05) is 5.56 Å². The number of carboxylic acid groups (broad SMARTS) is 2. The number of hydrogen-bond acceptors (Lipinski definition) is 3. The van der Waals surface area contributed by atoms with Gasteiger partial charge in [0.05, 0.1) is 6.42 Å². The monoisotopic (exact) mass is 269 g/mol. The lowest BCUT2D eigenvalue weighted by atomic mass is 10.1. The maximum absolute atomic E-state index is 13.0. The average molecular weight is 269 g/mol. The second kappa shape index (κ2) is 5.94. The second-order valence-electron chi connectivity index (χ2n) is 3.92. The number of carbonyl (C=O) groups excluding carboxylic acids is 1. The summed E-state index contributed by atoms with van der Waals surface area (Å²) < 4.78 is 13.0. The van der Waals surface area contributed by atoms with Gasteiger partial charge >= 0.3 is 11.9 Å². The quantitative estimate of drug-likeness (QED) is 0.733. The lowest BCUT2D eigenvalue weighted by Crippen LogP contribution is -2.42. The van der Waals surface area contributed by atoms with Crippen LogP contribution in [-0.4, -0.2) is 34.1 Å². The van der Waals surface area contributed by atoms with Crippen molar-refractivity contribution in [2.45, 2.75) is 19.4 Å². The smallest absolute Gasteiger partial charge is 0.326 e. The highest BCUT2D eigenvalue weighted by Gasteiger charge is 2.24. The van der Waals surface area contributed by atoms with Crippen LogP contribution in [0.2, 0.25) is 0 Å². The molecule has 1 unspecified atom stereocenters. The molecule has 0 aliphatic carbocycles. The van der Waals surface area contributed by atoms with Crippen LogP contribution in [0.25, 0.3) is 0 Å². The van der Waals surface area contributed by atoms with Gasteiger partial charge in [0.1, 0.15) is 11.9 Å². The number of amides is 1. The minimum Gasteiger partial charge on any atom is -0.481 e. The van der Waals surface area contributed by atoms with Crippen LogP contribution in [0.15, 0.2) is 18.2 Å². The molecule has 0 aliphatic rings. The van der Waals surface area contributed by atoms with Crippen molar-refractivity contribution in [3.63, 3.8) is 0 Å². The third-order valence-corrected chi connectivity index (χ3v) is 2.43. The SMILES string of the molecule is Cc1ccc(F)cc1C(=O)NC(CC(=O)O)C(=O)O. The molecule has 1 aromatic rings. The van der Waals surface area contributed by atoms with E-state index >= 15 is 0 Å². The molecule has 1 aromatic carbocycles. The van der Waals surface area contributed by atoms with Crippen molar-refractivity contribution >= 4 is 17.8 Å². The van der Waals surface area contributed by atoms with Crippen molar-refractivity contribution in [3.05, 3.63) is 35.1 Å². The van der Waals surface area contributed by atoms with E-state index in [0.29, 0.717) is 5.56 Å². The number of nitrogens with one attached hydrogen (secondary N) is 1. The van der Waals surface area contributed by atoms with E-state index in [0.717, 1.165) is 12.1 Å². The Balaban J connectivity index is 2.90. The Bertz CT molecular complexity index is 529. The highest BCUT2D eigenvalue weighted by molar-refractivity contribution is 5.98. The summed E-state index contributed by atoms with van der Waals surface area (Å²) in [6.07, 6.45) is -0.755. The largest absolute Gasteiger partial charge is 0.481 e. The average Bonchev–Trinajstić information content (AvgIpc) is 2.30. The molecule has 6 nitrogen and oxygen atoms in total. The lowest BCUT2D eigenvalue weighted by molar-refractivity contribution is -0.145. The number of carbonyl (C=O) groups is 3. The molecule has 0 aromatic heterocycles. The zero-order valence-corrected chi connectivity index (χ0v) is 10.0. The minimum atomic E-state index is -1.56. The van der Waals surface area contributed by atoms with Crippen molar-refractivity contribution in [1.82, 2.24) is 5.32 Å². The number of aliphatic carboxylic acids is 2. The molecule has 19 heavy (non-hydrogen) atoms. The zero-order valence-electron chi connectivity index (χ0n) is 10.0. The highest BCUT2D eigenvalue weighted by Crippen LogP contribution is 2.10. The Kier molecular flexibility index (Phi) is 4.57. The van der Waals surface area contributed by atoms with Crippen molar-refractivity contribution in [2.24, 2.45) is 0 Å². The van der Waals surface area contributed by atoms with Gasteiger partial charge in [-0.05, 0) is 24.6 Å². The van der Waals surface area contributed by atoms with Gasteiger partial charge in [0.2, 0.25) is 0 Å². The number of halogens is 1. The maximum Gasteiger partial charge on any atom is 0.326 e. The van der Waals surface area contributed by atoms with E-state index in [4.69, 9.17) is 10.2 Å². The molecule has 1 rings (SSSR count). The van der Waals surface area contributed by atoms with Crippen molar-refractivity contribution in [1.29, 1.82) is 0 Å². The van der Waals surface area contributed by atoms with E-state index in [-0.39, 0.29) is 5.56 Å². The molecule has 0 saturated heterocycles. The summed E-state index contributed by atoms with van der Waals surface area (Å²) in [5.41, 5.74) is 0.426. The highest BCUT2D eigenvalue weighted by atomic mass is 19.1. The molecule has 0 heterocycles. The molecule has 1 amide bonds. The first-order chi connectivity index (χ1) is 8.81. The summed E-state index contributed by atoms with van der Waals surface area (Å²) in [7, 11) is 0. The summed E-state index contributed by atoms with van der Waals surface area (Å²) in [6, 6.07) is 1.94. The van der Waals surface area contributed by atoms with Crippen LogP contribution in [0.1, 0.15) is 22.3 Å². The van der Waals surface area contributed by atoms with Crippen LogP contribution in [0.5, 0.6) is 0 Å². The van der Waals surface area contributed by atoms with E-state index in [1.165, 1.54) is 6.07 Å². The number of rotatable bonds is 5. The van der Waals surface area contributed by atoms with Crippen LogP contribution in [0.4, 0.5) is 4.39 Å². The van der Waals surface area contributed by atoms with E-state index in [9.17, 15) is 18.8 Å². The van der Waals surface area contributed by atoms with Crippen molar-refractivity contribution in [2.75, 3.05) is 0 Å². The van der Waals surface area contributed by atoms with Gasteiger partial charge in [-0.2, -0.15) is 0 Å². The van der Waals surface area contributed by atoms with Crippen LogP contribution in [0.3, 0.4) is 0 Å². The van der Waals surface area contributed by atoms with Crippen LogP contribution >= 0.6 is 0 Å². The number of carboxylic acids is 2. The van der Waals surface area contributed by atoms with Crippen LogP contribution < -0.4 is 5.32 Å². The first kappa shape index (κ1) is 14.6. The molecule has 0 bridgehead atoms. The fourth-order valence-corrected chi connectivity index (χ4v) is 1.45. The number of aryl methyl sites for hydroxylation is 1. The molecule has 7 heteroatoms. The van der Waals surface area contributed by atoms with Crippen molar-refractivity contribution in [3.8, 4) is 0 Å². The molecular weight excluding hydrogens is 257 g/mol. The Morgan fingerprint density at radius 1 is 1.32 bits per heavy atom. The van der Waals surface area contributed by atoms with Crippen LogP contribution in [-0.2, 0) is 9.59 Å². The molecule has 0 aliphatic heterocycles. The molecule has 0 spiro atoms. The number of benzene rings is 1. The summed E-state index contributed by atoms with van der Waals surface area (Å²) in [5, 5.41) is 19.4. The van der Waals surface area contributed by atoms with Gasteiger partial charge in [-0.15, -0.1) is 0 Å². The van der Waals surface area contributed by atoms with Gasteiger partial charge in [-0.1, -0.05) is 6.07 Å². The predicted molar refractivity (Wildman–Crippen MR) is 62.3 cm³/mol. The zero-order chi connectivity index (χ0) is 14.6. The van der Waals surface area contributed by atoms with Gasteiger partial charge in [-0.3, -0.25) is 9.59 Å². The first-order valence-corrected chi connectivity index (χ1v) is 5.33. The second-order valence-corrected chi connectivity index (χ2v) is 3.92. The fourth-order valence-electron chi connectivity index (χ4n) is 1.45. The third kappa shape index (κ3) is 4.06. The van der Waals surface area contributed by atoms with E-state index in [1.807, 2.05) is 5.32 Å². The molecule has 0 fully saturated rings. The summed E-state index contributed by atoms with van der Waals surface area (Å²) in [6.45, 7) is 1.56. The Morgan fingerprint density at radius 3 is 2.47 bits per heavy atom. The van der Waals surface area contributed by atoms with E-state index in [2.05, 4.69) is 0 Å². The van der Waals surface area contributed by atoms with Gasteiger partial charge in [0.15, 0.2) is 0 Å². The van der Waals surface area contributed by atoms with Crippen LogP contribution in [0, 0.1) is 12.7 Å². The predicted octanol–water partition coefficient (Wildman–Crippen LogP) is 0.792. The molecular formula is C12H12FNO5. The maximum atomic E-state index is 13.0.